The molecule has 1 aromatic carbocycles. The molecule has 9 nitrogen and oxygen atoms in total. The van der Waals surface area contributed by atoms with Crippen molar-refractivity contribution >= 4 is 11.6 Å². The van der Waals surface area contributed by atoms with Gasteiger partial charge in [0.25, 0.3) is 0 Å². The molecule has 31 heavy (non-hydrogen) atoms. The first-order chi connectivity index (χ1) is 15.2. The molecule has 4 aromatic rings. The second kappa shape index (κ2) is 7.66. The molecule has 1 saturated carbocycles. The van der Waals surface area contributed by atoms with Crippen molar-refractivity contribution in [3.05, 3.63) is 61.5 Å². The van der Waals surface area contributed by atoms with E-state index in [4.69, 9.17) is 15.4 Å². The fraction of sp³-hybridized carbons (Fsp3) is 0.227. The zero-order valence-electron chi connectivity index (χ0n) is 16.6. The molecule has 0 spiro atoms. The fourth-order valence-electron chi connectivity index (χ4n) is 3.93. The average molecular weight is 412 g/mol. The van der Waals surface area contributed by atoms with Crippen LogP contribution < -0.4 is 11.1 Å². The quantitative estimate of drug-likeness (QED) is 0.493. The van der Waals surface area contributed by atoms with E-state index in [1.54, 1.807) is 18.6 Å². The van der Waals surface area contributed by atoms with Gasteiger partial charge in [0.1, 0.15) is 0 Å². The Hall–Kier alpha value is -4.03. The van der Waals surface area contributed by atoms with Gasteiger partial charge in [-0.15, -0.1) is 0 Å². The number of hydrogen-bond acceptors (Lipinski definition) is 8. The number of hydrogen-bond donors (Lipinski definition) is 2. The van der Waals surface area contributed by atoms with Crippen molar-refractivity contribution in [3.8, 4) is 28.7 Å². The zero-order chi connectivity index (χ0) is 21.3. The first kappa shape index (κ1) is 19.0. The van der Waals surface area contributed by atoms with E-state index in [0.29, 0.717) is 18.3 Å². The Balaban J connectivity index is 1.37. The van der Waals surface area contributed by atoms with Gasteiger partial charge in [-0.1, -0.05) is 12.1 Å². The molecule has 1 aliphatic carbocycles. The summed E-state index contributed by atoms with van der Waals surface area (Å²) in [5, 5.41) is 16.9. The maximum atomic E-state index is 9.11. The molecule has 1 aliphatic rings. The maximum Gasteiger partial charge on any atom is 0.227 e. The predicted molar refractivity (Wildman–Crippen MR) is 114 cm³/mol. The van der Waals surface area contributed by atoms with Gasteiger partial charge < -0.3 is 15.5 Å². The van der Waals surface area contributed by atoms with Gasteiger partial charge >= 0.3 is 0 Å². The van der Waals surface area contributed by atoms with Crippen molar-refractivity contribution in [3.63, 3.8) is 0 Å². The largest absolute Gasteiger partial charge is 0.444 e. The average Bonchev–Trinajstić information content (AvgIpc) is 3.47. The first-order valence-corrected chi connectivity index (χ1v) is 9.93. The van der Waals surface area contributed by atoms with Crippen LogP contribution in [0.3, 0.4) is 0 Å². The third-order valence-corrected chi connectivity index (χ3v) is 5.67. The summed E-state index contributed by atoms with van der Waals surface area (Å²) < 4.78 is 7.24. The van der Waals surface area contributed by atoms with Crippen molar-refractivity contribution in [2.24, 2.45) is 11.7 Å². The molecular weight excluding hydrogens is 392 g/mol. The van der Waals surface area contributed by atoms with Crippen LogP contribution in [0.15, 0.2) is 65.9 Å². The smallest absolute Gasteiger partial charge is 0.227 e. The van der Waals surface area contributed by atoms with E-state index < -0.39 is 0 Å². The summed E-state index contributed by atoms with van der Waals surface area (Å²) in [6, 6.07) is 11.9. The Labute approximate surface area is 178 Å². The number of oxazole rings is 1. The van der Waals surface area contributed by atoms with Gasteiger partial charge in [0.15, 0.2) is 12.2 Å². The number of nitrogens with zero attached hydrogens (tertiary/aromatic N) is 6. The van der Waals surface area contributed by atoms with Crippen LogP contribution in [0.1, 0.15) is 12.8 Å². The molecule has 0 radical (unpaired) electrons. The Bertz CT molecular complexity index is 1230. The molecule has 1 fully saturated rings. The number of aromatic nitrogens is 5. The minimum absolute atomic E-state index is 0.0405. The Morgan fingerprint density at radius 1 is 1.26 bits per heavy atom. The Morgan fingerprint density at radius 3 is 2.94 bits per heavy atom. The van der Waals surface area contributed by atoms with Crippen LogP contribution in [0.5, 0.6) is 0 Å². The second-order valence-electron chi connectivity index (χ2n) is 7.67. The zero-order valence-corrected chi connectivity index (χ0v) is 16.6. The van der Waals surface area contributed by atoms with Crippen molar-refractivity contribution in [1.82, 2.24) is 24.7 Å². The van der Waals surface area contributed by atoms with E-state index in [2.05, 4.69) is 31.4 Å². The summed E-state index contributed by atoms with van der Waals surface area (Å²) in [6.07, 6.45) is 9.93. The van der Waals surface area contributed by atoms with Crippen molar-refractivity contribution in [1.29, 1.82) is 5.26 Å². The molecule has 9 heteroatoms. The summed E-state index contributed by atoms with van der Waals surface area (Å²) in [6.45, 7) is 0.449. The van der Waals surface area contributed by atoms with Crippen molar-refractivity contribution in [2.45, 2.75) is 18.4 Å². The predicted octanol–water partition coefficient (Wildman–Crippen LogP) is 3.33. The normalized spacial score (nSPS) is 20.1. The van der Waals surface area contributed by atoms with Gasteiger partial charge in [0.2, 0.25) is 5.95 Å². The molecule has 0 aliphatic heterocycles. The number of rotatable bonds is 6. The number of nitriles is 1. The van der Waals surface area contributed by atoms with E-state index >= 15 is 0 Å². The topological polar surface area (TPSA) is 131 Å². The lowest BCUT2D eigenvalue weighted by molar-refractivity contribution is 0.0926. The van der Waals surface area contributed by atoms with Crippen LogP contribution in [-0.4, -0.2) is 31.3 Å². The molecular formula is C22H20N8O. The molecule has 0 bridgehead atoms. The van der Waals surface area contributed by atoms with Crippen LogP contribution >= 0.6 is 0 Å². The lowest BCUT2D eigenvalue weighted by Gasteiger charge is -2.44. The number of benzene rings is 1. The van der Waals surface area contributed by atoms with Crippen LogP contribution in [0.4, 0.5) is 11.6 Å². The number of nitrogens with one attached hydrogen (secondary N) is 1. The third-order valence-electron chi connectivity index (χ3n) is 5.67. The molecule has 3 N–H and O–H groups in total. The highest BCUT2D eigenvalue weighted by molar-refractivity contribution is 5.66. The SMILES string of the molecule is N#CC1CC(CN)(n2cc(-c3ccnc(Nc4cccc(-c5cnco5)c4)n3)cn2)C1. The van der Waals surface area contributed by atoms with Gasteiger partial charge in [-0.05, 0) is 31.0 Å². The van der Waals surface area contributed by atoms with Gasteiger partial charge in [-0.2, -0.15) is 10.4 Å². The summed E-state index contributed by atoms with van der Waals surface area (Å²) in [4.78, 5) is 12.9. The van der Waals surface area contributed by atoms with Gasteiger partial charge in [0.05, 0.1) is 35.6 Å². The van der Waals surface area contributed by atoms with E-state index in [0.717, 1.165) is 35.3 Å². The van der Waals surface area contributed by atoms with Gasteiger partial charge in [0, 0.05) is 35.8 Å². The van der Waals surface area contributed by atoms with Crippen molar-refractivity contribution < 1.29 is 4.42 Å². The molecule has 0 amide bonds. The minimum Gasteiger partial charge on any atom is -0.444 e. The highest BCUT2D eigenvalue weighted by Gasteiger charge is 2.45. The van der Waals surface area contributed by atoms with E-state index in [1.807, 2.05) is 41.2 Å². The third kappa shape index (κ3) is 3.53. The standard InChI is InChI=1S/C22H20N8O/c23-9-15-7-22(8-15,13-24)30-12-17(10-27-30)19-4-5-26-21(29-19)28-18-3-1-2-16(6-18)20-11-25-14-31-20/h1-6,10-12,14-15H,7-8,13,24H2,(H,26,28,29). The molecule has 0 unspecified atom stereocenters. The van der Waals surface area contributed by atoms with Crippen LogP contribution in [-0.2, 0) is 5.54 Å². The minimum atomic E-state index is -0.284. The summed E-state index contributed by atoms with van der Waals surface area (Å²) >= 11 is 0. The number of anilines is 2. The molecule has 3 heterocycles. The molecule has 0 atom stereocenters. The molecule has 5 rings (SSSR count). The van der Waals surface area contributed by atoms with E-state index in [1.165, 1.54) is 6.39 Å². The van der Waals surface area contributed by atoms with Crippen molar-refractivity contribution in [2.75, 3.05) is 11.9 Å². The van der Waals surface area contributed by atoms with Gasteiger partial charge in [-0.3, -0.25) is 4.68 Å². The lowest BCUT2D eigenvalue weighted by Crippen LogP contribution is -2.51. The molecule has 3 aromatic heterocycles. The van der Waals surface area contributed by atoms with E-state index in [-0.39, 0.29) is 11.5 Å². The summed E-state index contributed by atoms with van der Waals surface area (Å²) in [7, 11) is 0. The number of nitrogens with two attached hydrogens (primary N) is 1. The lowest BCUT2D eigenvalue weighted by atomic mass is 9.69. The highest BCUT2D eigenvalue weighted by Crippen LogP contribution is 2.43. The highest BCUT2D eigenvalue weighted by atomic mass is 16.3. The second-order valence-corrected chi connectivity index (χ2v) is 7.67. The monoisotopic (exact) mass is 412 g/mol. The Morgan fingerprint density at radius 2 is 2.16 bits per heavy atom. The fourth-order valence-corrected chi connectivity index (χ4v) is 3.93. The van der Waals surface area contributed by atoms with E-state index in [9.17, 15) is 0 Å². The molecule has 0 saturated heterocycles. The molecule has 154 valence electrons. The maximum absolute atomic E-state index is 9.11. The van der Waals surface area contributed by atoms with Crippen LogP contribution in [0, 0.1) is 17.2 Å². The first-order valence-electron chi connectivity index (χ1n) is 9.93. The Kier molecular flexibility index (Phi) is 4.69. The summed E-state index contributed by atoms with van der Waals surface area (Å²) in [5.74, 6) is 1.20. The summed E-state index contributed by atoms with van der Waals surface area (Å²) in [5.41, 5.74) is 9.08. The van der Waals surface area contributed by atoms with Crippen LogP contribution in [0.25, 0.3) is 22.6 Å². The van der Waals surface area contributed by atoms with Gasteiger partial charge in [-0.25, -0.2) is 15.0 Å². The van der Waals surface area contributed by atoms with Crippen LogP contribution in [0.2, 0.25) is 0 Å².